The molecule has 2 N–H and O–H groups in total. The molecule has 12 heavy (non-hydrogen) atoms. The molecule has 0 aliphatic carbocycles. The van der Waals surface area contributed by atoms with Gasteiger partial charge in [0.15, 0.2) is 5.15 Å². The summed E-state index contributed by atoms with van der Waals surface area (Å²) in [5.41, 5.74) is 5.30. The zero-order chi connectivity index (χ0) is 8.72. The third kappa shape index (κ3) is 0.947. The van der Waals surface area contributed by atoms with Gasteiger partial charge in [-0.1, -0.05) is 11.6 Å². The van der Waals surface area contributed by atoms with E-state index in [1.54, 1.807) is 0 Å². The van der Waals surface area contributed by atoms with Gasteiger partial charge in [0.2, 0.25) is 5.95 Å². The summed E-state index contributed by atoms with van der Waals surface area (Å²) in [6, 6.07) is 0. The molecule has 1 aromatic rings. The number of carbonyl (C=O) groups excluding carboxylic acids is 1. The fourth-order valence-corrected chi connectivity index (χ4v) is 1.15. The molecule has 1 aliphatic rings. The summed E-state index contributed by atoms with van der Waals surface area (Å²) >= 11 is 5.64. The summed E-state index contributed by atoms with van der Waals surface area (Å²) in [5.74, 6) is -0.341. The Morgan fingerprint density at radius 3 is 2.92 bits per heavy atom. The molecule has 0 bridgehead atoms. The van der Waals surface area contributed by atoms with Crippen LogP contribution in [0.1, 0.15) is 0 Å². The molecule has 1 aliphatic heterocycles. The van der Waals surface area contributed by atoms with E-state index in [0.717, 1.165) is 0 Å². The maximum Gasteiger partial charge on any atom is 0.272 e. The van der Waals surface area contributed by atoms with Gasteiger partial charge in [0.05, 0.1) is 0 Å². The topological polar surface area (TPSA) is 81.2 Å². The van der Waals surface area contributed by atoms with Crippen molar-refractivity contribution in [3.8, 4) is 0 Å². The average Bonchev–Trinajstić information content (AvgIpc) is 2.29. The summed E-state index contributed by atoms with van der Waals surface area (Å²) in [6.45, 7) is 0. The standard InChI is InChI=1S/C6H3ClN4O/c7-5-4-2(1-3(12)10-4)9-6(8)11-5/h1H,(H2,8,9). The van der Waals surface area contributed by atoms with Crippen LogP contribution >= 0.6 is 11.6 Å². The number of hydrogen-bond acceptors (Lipinski definition) is 4. The van der Waals surface area contributed by atoms with Crippen LogP contribution in [-0.2, 0) is 4.79 Å². The molecule has 0 unspecified atom stereocenters. The van der Waals surface area contributed by atoms with E-state index >= 15 is 0 Å². The fourth-order valence-electron chi connectivity index (χ4n) is 0.924. The Labute approximate surface area is 71.6 Å². The van der Waals surface area contributed by atoms with Crippen LogP contribution in [0.25, 0.3) is 6.08 Å². The Kier molecular flexibility index (Phi) is 1.34. The summed E-state index contributed by atoms with van der Waals surface area (Å²) in [7, 11) is 0. The van der Waals surface area contributed by atoms with Gasteiger partial charge >= 0.3 is 0 Å². The van der Waals surface area contributed by atoms with Gasteiger partial charge in [-0.25, -0.2) is 9.98 Å². The predicted molar refractivity (Wildman–Crippen MR) is 41.7 cm³/mol. The highest BCUT2D eigenvalue weighted by Gasteiger charge is 2.09. The molecule has 6 heteroatoms. The Morgan fingerprint density at radius 1 is 1.42 bits per heavy atom. The maximum absolute atomic E-state index is 10.8. The molecule has 0 fully saturated rings. The van der Waals surface area contributed by atoms with Crippen molar-refractivity contribution in [1.82, 2.24) is 9.97 Å². The van der Waals surface area contributed by atoms with E-state index in [-0.39, 0.29) is 17.0 Å². The third-order valence-electron chi connectivity index (χ3n) is 1.37. The van der Waals surface area contributed by atoms with E-state index < -0.39 is 0 Å². The number of fused-ring (bicyclic) bond motifs is 1. The van der Waals surface area contributed by atoms with Crippen molar-refractivity contribution < 1.29 is 4.79 Å². The van der Waals surface area contributed by atoms with Gasteiger partial charge in [-0.15, -0.1) is 0 Å². The van der Waals surface area contributed by atoms with Gasteiger partial charge in [0.1, 0.15) is 10.7 Å². The van der Waals surface area contributed by atoms with Crippen molar-refractivity contribution in [1.29, 1.82) is 0 Å². The second-order valence-corrected chi connectivity index (χ2v) is 2.56. The molecule has 60 valence electrons. The van der Waals surface area contributed by atoms with E-state index in [0.29, 0.717) is 10.7 Å². The van der Waals surface area contributed by atoms with E-state index in [1.165, 1.54) is 6.08 Å². The molecule has 1 amide bonds. The lowest BCUT2D eigenvalue weighted by Crippen LogP contribution is -2.28. The molecule has 2 rings (SSSR count). The number of nitrogens with two attached hydrogens (primary N) is 1. The summed E-state index contributed by atoms with van der Waals surface area (Å²) in [5, 5.41) is 0.799. The lowest BCUT2D eigenvalue weighted by Gasteiger charge is -1.90. The van der Waals surface area contributed by atoms with Crippen LogP contribution in [0.2, 0.25) is 5.15 Å². The van der Waals surface area contributed by atoms with E-state index in [4.69, 9.17) is 17.3 Å². The van der Waals surface area contributed by atoms with Crippen LogP contribution in [0.3, 0.4) is 0 Å². The molecule has 0 spiro atoms. The van der Waals surface area contributed by atoms with E-state index in [1.807, 2.05) is 0 Å². The van der Waals surface area contributed by atoms with Gasteiger partial charge in [0, 0.05) is 6.08 Å². The van der Waals surface area contributed by atoms with Crippen molar-refractivity contribution in [2.45, 2.75) is 0 Å². The van der Waals surface area contributed by atoms with Gasteiger partial charge in [-0.2, -0.15) is 4.98 Å². The van der Waals surface area contributed by atoms with Crippen LogP contribution in [0.4, 0.5) is 5.95 Å². The normalized spacial score (nSPS) is 13.6. The van der Waals surface area contributed by atoms with Gasteiger partial charge in [-0.05, 0) is 0 Å². The van der Waals surface area contributed by atoms with Crippen LogP contribution in [0.15, 0.2) is 4.99 Å². The summed E-state index contributed by atoms with van der Waals surface area (Å²) in [4.78, 5) is 21.8. The van der Waals surface area contributed by atoms with Crippen LogP contribution < -0.4 is 16.4 Å². The quantitative estimate of drug-likeness (QED) is 0.503. The third-order valence-corrected chi connectivity index (χ3v) is 1.63. The van der Waals surface area contributed by atoms with Crippen molar-refractivity contribution in [2.75, 3.05) is 5.73 Å². The Bertz CT molecular complexity index is 481. The summed E-state index contributed by atoms with van der Waals surface area (Å²) < 4.78 is 0. The van der Waals surface area contributed by atoms with E-state index in [2.05, 4.69) is 15.0 Å². The molecule has 2 heterocycles. The number of anilines is 1. The Morgan fingerprint density at radius 2 is 2.17 bits per heavy atom. The monoisotopic (exact) mass is 182 g/mol. The number of amides is 1. The van der Waals surface area contributed by atoms with Gasteiger partial charge < -0.3 is 5.73 Å². The molecule has 0 radical (unpaired) electrons. The number of hydrogen-bond donors (Lipinski definition) is 1. The number of aromatic nitrogens is 2. The number of halogens is 1. The largest absolute Gasteiger partial charge is 0.368 e. The zero-order valence-electron chi connectivity index (χ0n) is 5.78. The van der Waals surface area contributed by atoms with Crippen molar-refractivity contribution >= 4 is 29.5 Å². The molecule has 1 aromatic heterocycles. The second kappa shape index (κ2) is 2.25. The minimum absolute atomic E-state index is 0.0416. The van der Waals surface area contributed by atoms with Crippen LogP contribution in [-0.4, -0.2) is 15.9 Å². The molecular weight excluding hydrogens is 180 g/mol. The minimum atomic E-state index is -0.383. The first-order valence-corrected chi connectivity index (χ1v) is 3.48. The number of nitrogen functional groups attached to an aromatic ring is 1. The predicted octanol–water partition coefficient (Wildman–Crippen LogP) is -1.35. The van der Waals surface area contributed by atoms with Crippen molar-refractivity contribution in [3.05, 3.63) is 15.9 Å². The Balaban J connectivity index is 2.95. The highest BCUT2D eigenvalue weighted by Crippen LogP contribution is 1.96. The Hall–Kier alpha value is -1.49. The average molecular weight is 183 g/mol. The fraction of sp³-hybridized carbons (Fsp3) is 0. The molecule has 0 aromatic carbocycles. The maximum atomic E-state index is 10.8. The minimum Gasteiger partial charge on any atom is -0.368 e. The summed E-state index contributed by atoms with van der Waals surface area (Å²) in [6.07, 6.45) is 1.26. The molecule has 0 saturated carbocycles. The lowest BCUT2D eigenvalue weighted by atomic mass is 10.5. The van der Waals surface area contributed by atoms with Gasteiger partial charge in [0.25, 0.3) is 5.91 Å². The highest BCUT2D eigenvalue weighted by molar-refractivity contribution is 6.29. The first kappa shape index (κ1) is 7.17. The smallest absolute Gasteiger partial charge is 0.272 e. The number of carbonyl (C=O) groups is 1. The first-order valence-electron chi connectivity index (χ1n) is 3.10. The second-order valence-electron chi connectivity index (χ2n) is 2.20. The number of rotatable bonds is 0. The molecule has 0 saturated heterocycles. The van der Waals surface area contributed by atoms with Crippen molar-refractivity contribution in [2.24, 2.45) is 4.99 Å². The van der Waals surface area contributed by atoms with E-state index in [9.17, 15) is 4.79 Å². The highest BCUT2D eigenvalue weighted by atomic mass is 35.5. The van der Waals surface area contributed by atoms with Gasteiger partial charge in [-0.3, -0.25) is 4.79 Å². The van der Waals surface area contributed by atoms with Crippen molar-refractivity contribution in [3.63, 3.8) is 0 Å². The zero-order valence-corrected chi connectivity index (χ0v) is 6.54. The molecular formula is C6H3ClN4O. The SMILES string of the molecule is Nc1nc(Cl)c2c(n1)=CC(=O)N=2. The van der Waals surface area contributed by atoms with Crippen LogP contribution in [0.5, 0.6) is 0 Å². The molecule has 0 atom stereocenters. The molecule has 5 nitrogen and oxygen atoms in total. The lowest BCUT2D eigenvalue weighted by molar-refractivity contribution is -0.112. The number of nitrogens with zero attached hydrogens (tertiary/aromatic N) is 3. The first-order chi connectivity index (χ1) is 5.66. The van der Waals surface area contributed by atoms with Crippen LogP contribution in [0, 0.1) is 0 Å².